The fraction of sp³-hybridized carbons (Fsp3) is 0.476. The fourth-order valence-corrected chi connectivity index (χ4v) is 4.06. The predicted molar refractivity (Wildman–Crippen MR) is 112 cm³/mol. The smallest absolute Gasteiger partial charge is 0.341 e. The SMILES string of the molecule is CCO/N=C1\CC(NC)CN(c2c(F)cc3c(=O)c(C(=O)O)cn(C4CC4)c3c2F)C1. The molecule has 1 aromatic carbocycles. The van der Waals surface area contributed by atoms with E-state index in [1.165, 1.54) is 10.8 Å². The van der Waals surface area contributed by atoms with Crippen molar-refractivity contribution in [3.05, 3.63) is 39.7 Å². The molecule has 31 heavy (non-hydrogen) atoms. The van der Waals surface area contributed by atoms with Gasteiger partial charge >= 0.3 is 5.97 Å². The normalized spacial score (nSPS) is 20.5. The Morgan fingerprint density at radius 1 is 1.39 bits per heavy atom. The topological polar surface area (TPSA) is 96.2 Å². The van der Waals surface area contributed by atoms with Crippen LogP contribution in [0.1, 0.15) is 42.6 Å². The Morgan fingerprint density at radius 3 is 2.74 bits per heavy atom. The lowest BCUT2D eigenvalue weighted by molar-refractivity contribution is 0.0694. The highest BCUT2D eigenvalue weighted by Gasteiger charge is 2.33. The van der Waals surface area contributed by atoms with E-state index in [2.05, 4.69) is 10.5 Å². The number of pyridine rings is 1. The molecule has 8 nitrogen and oxygen atoms in total. The van der Waals surface area contributed by atoms with E-state index >= 15 is 8.78 Å². The molecule has 0 spiro atoms. The lowest BCUT2D eigenvalue weighted by atomic mass is 10.0. The monoisotopic (exact) mass is 434 g/mol. The van der Waals surface area contributed by atoms with Crippen LogP contribution in [0.25, 0.3) is 10.9 Å². The van der Waals surface area contributed by atoms with Crippen molar-refractivity contribution >= 4 is 28.3 Å². The Bertz CT molecular complexity index is 1130. The van der Waals surface area contributed by atoms with E-state index in [0.29, 0.717) is 25.3 Å². The third kappa shape index (κ3) is 3.87. The molecule has 4 rings (SSSR count). The minimum atomic E-state index is -1.42. The van der Waals surface area contributed by atoms with Crippen molar-refractivity contribution in [1.82, 2.24) is 9.88 Å². The summed E-state index contributed by atoms with van der Waals surface area (Å²) < 4.78 is 32.4. The zero-order valence-corrected chi connectivity index (χ0v) is 17.3. The molecule has 10 heteroatoms. The van der Waals surface area contributed by atoms with Crippen LogP contribution in [0.4, 0.5) is 14.5 Å². The van der Waals surface area contributed by atoms with E-state index in [0.717, 1.165) is 18.9 Å². The number of anilines is 1. The van der Waals surface area contributed by atoms with Crippen molar-refractivity contribution in [2.24, 2.45) is 5.16 Å². The fourth-order valence-electron chi connectivity index (χ4n) is 4.06. The molecular weight excluding hydrogens is 410 g/mol. The number of carboxylic acid groups (broad SMARTS) is 1. The molecule has 2 aromatic rings. The molecule has 1 unspecified atom stereocenters. The standard InChI is InChI=1S/C21H24F2N4O4/c1-3-31-25-12-6-11(24-2)8-26(9-12)19-16(22)7-14-18(17(19)23)27(13-4-5-13)10-15(20(14)28)21(29)30/h7,10-11,13,24H,3-6,8-9H2,1-2H3,(H,29,30)/b25-12+. The molecule has 2 fully saturated rings. The van der Waals surface area contributed by atoms with Gasteiger partial charge in [-0.25, -0.2) is 13.6 Å². The quantitative estimate of drug-likeness (QED) is 0.679. The van der Waals surface area contributed by atoms with Gasteiger partial charge in [-0.3, -0.25) is 4.79 Å². The average Bonchev–Trinajstić information content (AvgIpc) is 3.57. The van der Waals surface area contributed by atoms with Gasteiger partial charge in [0.05, 0.1) is 23.2 Å². The largest absolute Gasteiger partial charge is 0.477 e. The Labute approximate surface area is 177 Å². The summed E-state index contributed by atoms with van der Waals surface area (Å²) in [6, 6.07) is 0.738. The van der Waals surface area contributed by atoms with Crippen LogP contribution in [-0.4, -0.2) is 54.1 Å². The molecule has 1 saturated heterocycles. The summed E-state index contributed by atoms with van der Waals surface area (Å²) in [6.07, 6.45) is 3.22. The lowest BCUT2D eigenvalue weighted by Gasteiger charge is -2.35. The van der Waals surface area contributed by atoms with Crippen molar-refractivity contribution < 1.29 is 23.5 Å². The maximum Gasteiger partial charge on any atom is 0.341 e. The van der Waals surface area contributed by atoms with Gasteiger partial charge in [0.25, 0.3) is 0 Å². The number of benzene rings is 1. The maximum absolute atomic E-state index is 15.8. The number of hydrogen-bond acceptors (Lipinski definition) is 6. The number of carbonyl (C=O) groups is 1. The highest BCUT2D eigenvalue weighted by molar-refractivity contribution is 5.95. The molecule has 2 heterocycles. The van der Waals surface area contributed by atoms with Gasteiger partial charge in [0, 0.05) is 31.2 Å². The summed E-state index contributed by atoms with van der Waals surface area (Å²) in [4.78, 5) is 30.8. The van der Waals surface area contributed by atoms with Crippen LogP contribution in [0.15, 0.2) is 22.2 Å². The van der Waals surface area contributed by atoms with Crippen LogP contribution in [0.2, 0.25) is 0 Å². The Hall–Kier alpha value is -3.01. The van der Waals surface area contributed by atoms with Gasteiger partial charge in [0.2, 0.25) is 5.43 Å². The number of fused-ring (bicyclic) bond motifs is 1. The molecular formula is C21H24F2N4O4. The minimum Gasteiger partial charge on any atom is -0.477 e. The molecule has 1 aromatic heterocycles. The molecule has 166 valence electrons. The van der Waals surface area contributed by atoms with Crippen LogP contribution in [-0.2, 0) is 4.84 Å². The first-order valence-electron chi connectivity index (χ1n) is 10.3. The van der Waals surface area contributed by atoms with Crippen molar-refractivity contribution in [1.29, 1.82) is 0 Å². The van der Waals surface area contributed by atoms with E-state index in [9.17, 15) is 14.7 Å². The second kappa shape index (κ2) is 8.26. The summed E-state index contributed by atoms with van der Waals surface area (Å²) in [5.74, 6) is -3.21. The highest BCUT2D eigenvalue weighted by Crippen LogP contribution is 2.39. The molecule has 2 N–H and O–H groups in total. The van der Waals surface area contributed by atoms with Gasteiger partial charge < -0.3 is 24.7 Å². The van der Waals surface area contributed by atoms with Crippen LogP contribution < -0.4 is 15.6 Å². The second-order valence-corrected chi connectivity index (χ2v) is 7.88. The molecule has 2 aliphatic rings. The number of piperidine rings is 1. The number of hydrogen-bond donors (Lipinski definition) is 2. The Kier molecular flexibility index (Phi) is 5.65. The number of rotatable bonds is 6. The summed E-state index contributed by atoms with van der Waals surface area (Å²) in [5, 5.41) is 16.3. The van der Waals surface area contributed by atoms with Crippen molar-refractivity contribution in [3.8, 4) is 0 Å². The summed E-state index contributed by atoms with van der Waals surface area (Å²) in [6.45, 7) is 2.69. The average molecular weight is 434 g/mol. The number of aromatic nitrogens is 1. The van der Waals surface area contributed by atoms with Gasteiger partial charge in [0.1, 0.15) is 23.7 Å². The molecule has 1 aliphatic heterocycles. The van der Waals surface area contributed by atoms with E-state index in [-0.39, 0.29) is 35.2 Å². The lowest BCUT2D eigenvalue weighted by Crippen LogP contribution is -2.49. The molecule has 1 atom stereocenters. The molecule has 0 amide bonds. The Balaban J connectivity index is 1.89. The number of likely N-dealkylation sites (N-methyl/N-ethyl adjacent to an activating group) is 1. The summed E-state index contributed by atoms with van der Waals surface area (Å²) in [7, 11) is 1.76. The number of nitrogens with zero attached hydrogens (tertiary/aromatic N) is 3. The van der Waals surface area contributed by atoms with Crippen molar-refractivity contribution in [3.63, 3.8) is 0 Å². The number of halogens is 2. The third-order valence-electron chi connectivity index (χ3n) is 5.70. The number of oxime groups is 1. The van der Waals surface area contributed by atoms with Gasteiger partial charge in [-0.15, -0.1) is 0 Å². The van der Waals surface area contributed by atoms with Gasteiger partial charge in [0.15, 0.2) is 5.82 Å². The molecule has 0 radical (unpaired) electrons. The van der Waals surface area contributed by atoms with E-state index in [1.54, 1.807) is 18.9 Å². The van der Waals surface area contributed by atoms with E-state index in [4.69, 9.17) is 4.84 Å². The number of carboxylic acids is 1. The van der Waals surface area contributed by atoms with Crippen molar-refractivity contribution in [2.45, 2.75) is 38.3 Å². The minimum absolute atomic E-state index is 0.0659. The maximum atomic E-state index is 15.8. The van der Waals surface area contributed by atoms with E-state index in [1.807, 2.05) is 0 Å². The zero-order valence-electron chi connectivity index (χ0n) is 17.3. The van der Waals surface area contributed by atoms with Crippen LogP contribution in [0.3, 0.4) is 0 Å². The Morgan fingerprint density at radius 2 is 2.13 bits per heavy atom. The summed E-state index contributed by atoms with van der Waals surface area (Å²) in [5.41, 5.74) is -1.07. The highest BCUT2D eigenvalue weighted by atomic mass is 19.1. The first-order valence-corrected chi connectivity index (χ1v) is 10.3. The number of aromatic carboxylic acids is 1. The van der Waals surface area contributed by atoms with Crippen LogP contribution >= 0.6 is 0 Å². The van der Waals surface area contributed by atoms with Crippen LogP contribution in [0.5, 0.6) is 0 Å². The molecule has 1 saturated carbocycles. The summed E-state index contributed by atoms with van der Waals surface area (Å²) >= 11 is 0. The van der Waals surface area contributed by atoms with Gasteiger partial charge in [-0.2, -0.15) is 0 Å². The van der Waals surface area contributed by atoms with E-state index < -0.39 is 28.6 Å². The molecule has 0 bridgehead atoms. The predicted octanol–water partition coefficient (Wildman–Crippen LogP) is 2.50. The number of nitrogens with one attached hydrogen (secondary N) is 1. The zero-order chi connectivity index (χ0) is 22.3. The first-order chi connectivity index (χ1) is 14.8. The molecule has 1 aliphatic carbocycles. The first kappa shape index (κ1) is 21.2. The van der Waals surface area contributed by atoms with Gasteiger partial charge in [-0.1, -0.05) is 5.16 Å². The van der Waals surface area contributed by atoms with Crippen molar-refractivity contribution in [2.75, 3.05) is 31.6 Å². The third-order valence-corrected chi connectivity index (χ3v) is 5.70. The second-order valence-electron chi connectivity index (χ2n) is 7.88. The van der Waals surface area contributed by atoms with Crippen LogP contribution in [0, 0.1) is 11.6 Å². The van der Waals surface area contributed by atoms with Gasteiger partial charge in [-0.05, 0) is 32.9 Å².